The SMILES string of the molecule is CCOC(=O)c1cccc(NC(=O)c2cccc(N)c2)c1.Cl. The largest absolute Gasteiger partial charge is 0.462 e. The second kappa shape index (κ2) is 8.05. The second-order valence-electron chi connectivity index (χ2n) is 4.38. The van der Waals surface area contributed by atoms with Crippen LogP contribution in [0.1, 0.15) is 27.6 Å². The van der Waals surface area contributed by atoms with Gasteiger partial charge in [-0.2, -0.15) is 0 Å². The third-order valence-corrected chi connectivity index (χ3v) is 2.78. The summed E-state index contributed by atoms with van der Waals surface area (Å²) in [6, 6.07) is 13.3. The van der Waals surface area contributed by atoms with Crippen LogP contribution >= 0.6 is 12.4 Å². The fourth-order valence-corrected chi connectivity index (χ4v) is 1.82. The van der Waals surface area contributed by atoms with Gasteiger partial charge >= 0.3 is 5.97 Å². The lowest BCUT2D eigenvalue weighted by Gasteiger charge is -2.07. The molecule has 0 heterocycles. The van der Waals surface area contributed by atoms with Crippen molar-refractivity contribution in [2.75, 3.05) is 17.7 Å². The topological polar surface area (TPSA) is 81.4 Å². The first-order valence-corrected chi connectivity index (χ1v) is 6.54. The molecule has 0 saturated carbocycles. The first-order chi connectivity index (χ1) is 10.1. The van der Waals surface area contributed by atoms with Gasteiger partial charge in [-0.3, -0.25) is 4.79 Å². The summed E-state index contributed by atoms with van der Waals surface area (Å²) in [4.78, 5) is 23.7. The van der Waals surface area contributed by atoms with Crippen molar-refractivity contribution in [2.45, 2.75) is 6.92 Å². The zero-order valence-corrected chi connectivity index (χ0v) is 12.9. The molecule has 0 aromatic heterocycles. The molecular weight excluding hydrogens is 304 g/mol. The number of nitrogen functional groups attached to an aromatic ring is 1. The number of rotatable bonds is 4. The molecule has 0 aliphatic heterocycles. The van der Waals surface area contributed by atoms with Crippen molar-refractivity contribution in [3.05, 3.63) is 59.7 Å². The number of amides is 1. The van der Waals surface area contributed by atoms with Crippen molar-refractivity contribution in [1.29, 1.82) is 0 Å². The van der Waals surface area contributed by atoms with Gasteiger partial charge in [0, 0.05) is 16.9 Å². The highest BCUT2D eigenvalue weighted by atomic mass is 35.5. The standard InChI is InChI=1S/C16H16N2O3.ClH/c1-2-21-16(20)12-6-4-8-14(10-12)18-15(19)11-5-3-7-13(17)9-11;/h3-10H,2,17H2,1H3,(H,18,19);1H. The molecule has 0 spiro atoms. The van der Waals surface area contributed by atoms with E-state index >= 15 is 0 Å². The number of ether oxygens (including phenoxy) is 1. The van der Waals surface area contributed by atoms with E-state index in [2.05, 4.69) is 5.32 Å². The highest BCUT2D eigenvalue weighted by Gasteiger charge is 2.10. The Morgan fingerprint density at radius 1 is 1.09 bits per heavy atom. The molecule has 0 bridgehead atoms. The Morgan fingerprint density at radius 2 is 1.77 bits per heavy atom. The van der Waals surface area contributed by atoms with Gasteiger partial charge in [-0.25, -0.2) is 4.79 Å². The minimum atomic E-state index is -0.419. The number of nitrogens with one attached hydrogen (secondary N) is 1. The van der Waals surface area contributed by atoms with Crippen LogP contribution in [0.4, 0.5) is 11.4 Å². The van der Waals surface area contributed by atoms with Crippen LogP contribution in [-0.2, 0) is 4.74 Å². The predicted octanol–water partition coefficient (Wildman–Crippen LogP) is 3.12. The Kier molecular flexibility index (Phi) is 6.41. The summed E-state index contributed by atoms with van der Waals surface area (Å²) in [5, 5.41) is 2.72. The number of halogens is 1. The fourth-order valence-electron chi connectivity index (χ4n) is 1.82. The highest BCUT2D eigenvalue weighted by Crippen LogP contribution is 2.14. The fraction of sp³-hybridized carbons (Fsp3) is 0.125. The number of carbonyl (C=O) groups excluding carboxylic acids is 2. The van der Waals surface area contributed by atoms with Gasteiger partial charge in [0.25, 0.3) is 5.91 Å². The van der Waals surface area contributed by atoms with E-state index in [1.807, 2.05) is 0 Å². The van der Waals surface area contributed by atoms with Crippen molar-refractivity contribution in [2.24, 2.45) is 0 Å². The smallest absolute Gasteiger partial charge is 0.338 e. The molecule has 5 nitrogen and oxygen atoms in total. The number of anilines is 2. The molecule has 3 N–H and O–H groups in total. The van der Waals surface area contributed by atoms with Crippen LogP contribution in [0.3, 0.4) is 0 Å². The minimum absolute atomic E-state index is 0. The first-order valence-electron chi connectivity index (χ1n) is 6.54. The van der Waals surface area contributed by atoms with Crippen LogP contribution in [0.5, 0.6) is 0 Å². The molecule has 0 atom stereocenters. The van der Waals surface area contributed by atoms with Gasteiger partial charge in [-0.1, -0.05) is 12.1 Å². The zero-order chi connectivity index (χ0) is 15.2. The van der Waals surface area contributed by atoms with Gasteiger partial charge < -0.3 is 15.8 Å². The normalized spacial score (nSPS) is 9.50. The summed E-state index contributed by atoms with van der Waals surface area (Å²) >= 11 is 0. The minimum Gasteiger partial charge on any atom is -0.462 e. The molecule has 22 heavy (non-hydrogen) atoms. The molecule has 2 aromatic carbocycles. The van der Waals surface area contributed by atoms with E-state index in [1.54, 1.807) is 55.5 Å². The molecule has 0 unspecified atom stereocenters. The first kappa shape index (κ1) is 17.5. The molecule has 2 aromatic rings. The Hall–Kier alpha value is -2.53. The summed E-state index contributed by atoms with van der Waals surface area (Å²) in [6.45, 7) is 2.04. The summed E-state index contributed by atoms with van der Waals surface area (Å²) < 4.78 is 4.92. The maximum atomic E-state index is 12.1. The van der Waals surface area contributed by atoms with E-state index in [0.717, 1.165) is 0 Å². The van der Waals surface area contributed by atoms with Gasteiger partial charge in [-0.15, -0.1) is 12.4 Å². The van der Waals surface area contributed by atoms with Crippen molar-refractivity contribution >= 4 is 35.7 Å². The van der Waals surface area contributed by atoms with E-state index in [4.69, 9.17) is 10.5 Å². The van der Waals surface area contributed by atoms with Crippen molar-refractivity contribution < 1.29 is 14.3 Å². The lowest BCUT2D eigenvalue weighted by molar-refractivity contribution is 0.0526. The molecule has 6 heteroatoms. The molecule has 116 valence electrons. The Bertz CT molecular complexity index is 674. The van der Waals surface area contributed by atoms with E-state index in [-0.39, 0.29) is 18.3 Å². The number of benzene rings is 2. The van der Waals surface area contributed by atoms with Crippen LogP contribution in [-0.4, -0.2) is 18.5 Å². The molecule has 0 saturated heterocycles. The Balaban J connectivity index is 0.00000242. The molecule has 0 aliphatic carbocycles. The van der Waals surface area contributed by atoms with Crippen LogP contribution < -0.4 is 11.1 Å². The average Bonchev–Trinajstić information content (AvgIpc) is 2.48. The number of nitrogens with two attached hydrogens (primary N) is 1. The molecular formula is C16H17ClN2O3. The van der Waals surface area contributed by atoms with E-state index in [9.17, 15) is 9.59 Å². The predicted molar refractivity (Wildman–Crippen MR) is 88.5 cm³/mol. The second-order valence-corrected chi connectivity index (χ2v) is 4.38. The lowest BCUT2D eigenvalue weighted by Crippen LogP contribution is -2.13. The number of hydrogen-bond donors (Lipinski definition) is 2. The summed E-state index contributed by atoms with van der Waals surface area (Å²) in [7, 11) is 0. The van der Waals surface area contributed by atoms with Crippen molar-refractivity contribution in [3.63, 3.8) is 0 Å². The van der Waals surface area contributed by atoms with E-state index in [1.165, 1.54) is 0 Å². The van der Waals surface area contributed by atoms with Gasteiger partial charge in [-0.05, 0) is 43.3 Å². The van der Waals surface area contributed by atoms with Gasteiger partial charge in [0.15, 0.2) is 0 Å². The monoisotopic (exact) mass is 320 g/mol. The maximum absolute atomic E-state index is 12.1. The maximum Gasteiger partial charge on any atom is 0.338 e. The summed E-state index contributed by atoms with van der Waals surface area (Å²) in [5.41, 5.74) is 7.53. The summed E-state index contributed by atoms with van der Waals surface area (Å²) in [5.74, 6) is -0.708. The summed E-state index contributed by atoms with van der Waals surface area (Å²) in [6.07, 6.45) is 0. The zero-order valence-electron chi connectivity index (χ0n) is 12.0. The number of hydrogen-bond acceptors (Lipinski definition) is 4. The molecule has 2 rings (SSSR count). The van der Waals surface area contributed by atoms with Crippen molar-refractivity contribution in [3.8, 4) is 0 Å². The molecule has 0 aliphatic rings. The van der Waals surface area contributed by atoms with Gasteiger partial charge in [0.05, 0.1) is 12.2 Å². The van der Waals surface area contributed by atoms with Crippen LogP contribution in [0.15, 0.2) is 48.5 Å². The van der Waals surface area contributed by atoms with Gasteiger partial charge in [0.1, 0.15) is 0 Å². The third-order valence-electron chi connectivity index (χ3n) is 2.78. The van der Waals surface area contributed by atoms with Gasteiger partial charge in [0.2, 0.25) is 0 Å². The van der Waals surface area contributed by atoms with Crippen LogP contribution in [0, 0.1) is 0 Å². The van der Waals surface area contributed by atoms with Crippen LogP contribution in [0.2, 0.25) is 0 Å². The van der Waals surface area contributed by atoms with Crippen molar-refractivity contribution in [1.82, 2.24) is 0 Å². The molecule has 0 radical (unpaired) electrons. The number of carbonyl (C=O) groups is 2. The molecule has 0 fully saturated rings. The van der Waals surface area contributed by atoms with Crippen LogP contribution in [0.25, 0.3) is 0 Å². The lowest BCUT2D eigenvalue weighted by atomic mass is 10.1. The third kappa shape index (κ3) is 4.49. The highest BCUT2D eigenvalue weighted by molar-refractivity contribution is 6.05. The Labute approximate surface area is 134 Å². The average molecular weight is 321 g/mol. The molecule has 1 amide bonds. The quantitative estimate of drug-likeness (QED) is 0.670. The van der Waals surface area contributed by atoms with E-state index < -0.39 is 5.97 Å². The number of esters is 1. The van der Waals surface area contributed by atoms with E-state index in [0.29, 0.717) is 29.1 Å². The Morgan fingerprint density at radius 3 is 2.45 bits per heavy atom.